The van der Waals surface area contributed by atoms with Crippen LogP contribution in [0.3, 0.4) is 0 Å². The number of nitrogens with one attached hydrogen (secondary N) is 2. The predicted octanol–water partition coefficient (Wildman–Crippen LogP) is 3.32. The van der Waals surface area contributed by atoms with E-state index in [-0.39, 0.29) is 17.5 Å². The predicted molar refractivity (Wildman–Crippen MR) is 105 cm³/mol. The smallest absolute Gasteiger partial charge is 0.235 e. The molecule has 9 heteroatoms. The van der Waals surface area contributed by atoms with E-state index in [2.05, 4.69) is 26.6 Å². The number of carbonyl (C=O) groups excluding carboxylic acids is 1. The summed E-state index contributed by atoms with van der Waals surface area (Å²) < 4.78 is 15.0. The van der Waals surface area contributed by atoms with Crippen LogP contribution in [-0.2, 0) is 11.3 Å². The standard InChI is InChI=1S/C19H19FN6OS/c1-11-12(2)26(9-14-4-6-15(20)7-5-14)18(16(11)8-21)23-17(27)10-28-19-22-13(3)24-25-19/h4-7H,9-10H2,1-3H3,(H,23,27)(H,22,24,25). The fourth-order valence-corrected chi connectivity index (χ4v) is 3.43. The number of aromatic nitrogens is 4. The summed E-state index contributed by atoms with van der Waals surface area (Å²) in [6, 6.07) is 8.32. The van der Waals surface area contributed by atoms with Crippen LogP contribution in [0.15, 0.2) is 29.4 Å². The summed E-state index contributed by atoms with van der Waals surface area (Å²) >= 11 is 1.21. The van der Waals surface area contributed by atoms with Crippen LogP contribution in [0.4, 0.5) is 10.2 Å². The zero-order valence-corrected chi connectivity index (χ0v) is 16.5. The number of amides is 1. The van der Waals surface area contributed by atoms with Gasteiger partial charge in [-0.05, 0) is 44.0 Å². The Labute approximate surface area is 166 Å². The Kier molecular flexibility index (Phi) is 5.80. The summed E-state index contributed by atoms with van der Waals surface area (Å²) in [7, 11) is 0. The summed E-state index contributed by atoms with van der Waals surface area (Å²) in [6.07, 6.45) is 0. The third-order valence-corrected chi connectivity index (χ3v) is 5.21. The Bertz CT molecular complexity index is 1050. The molecule has 0 unspecified atom stereocenters. The van der Waals surface area contributed by atoms with Crippen LogP contribution in [0, 0.1) is 37.9 Å². The molecule has 1 amide bonds. The van der Waals surface area contributed by atoms with E-state index in [1.165, 1.54) is 23.9 Å². The normalized spacial score (nSPS) is 10.7. The van der Waals surface area contributed by atoms with E-state index < -0.39 is 0 Å². The van der Waals surface area contributed by atoms with Gasteiger partial charge in [-0.1, -0.05) is 23.9 Å². The number of nitrogens with zero attached hydrogens (tertiary/aromatic N) is 4. The molecule has 2 aromatic heterocycles. The van der Waals surface area contributed by atoms with Crippen molar-refractivity contribution in [2.45, 2.75) is 32.5 Å². The summed E-state index contributed by atoms with van der Waals surface area (Å²) in [4.78, 5) is 16.6. The molecule has 0 bridgehead atoms. The Morgan fingerprint density at radius 3 is 2.64 bits per heavy atom. The van der Waals surface area contributed by atoms with Crippen molar-refractivity contribution in [2.75, 3.05) is 11.1 Å². The van der Waals surface area contributed by atoms with Crippen molar-refractivity contribution in [3.63, 3.8) is 0 Å². The number of H-pyrrole nitrogens is 1. The number of hydrogen-bond donors (Lipinski definition) is 2. The minimum atomic E-state index is -0.311. The third-order valence-electron chi connectivity index (χ3n) is 4.36. The van der Waals surface area contributed by atoms with E-state index in [0.717, 1.165) is 16.8 Å². The lowest BCUT2D eigenvalue weighted by molar-refractivity contribution is -0.113. The molecule has 2 N–H and O–H groups in total. The van der Waals surface area contributed by atoms with Gasteiger partial charge >= 0.3 is 0 Å². The van der Waals surface area contributed by atoms with Crippen LogP contribution < -0.4 is 5.32 Å². The van der Waals surface area contributed by atoms with Crippen molar-refractivity contribution in [3.8, 4) is 6.07 Å². The highest BCUT2D eigenvalue weighted by atomic mass is 32.2. The summed E-state index contributed by atoms with van der Waals surface area (Å²) in [5.74, 6) is 0.659. The van der Waals surface area contributed by atoms with E-state index in [9.17, 15) is 14.4 Å². The zero-order valence-electron chi connectivity index (χ0n) is 15.7. The van der Waals surface area contributed by atoms with Gasteiger partial charge in [-0.25, -0.2) is 9.37 Å². The van der Waals surface area contributed by atoms with E-state index in [0.29, 0.717) is 28.9 Å². The van der Waals surface area contributed by atoms with Crippen LogP contribution in [0.1, 0.15) is 28.2 Å². The van der Waals surface area contributed by atoms with Crippen LogP contribution in [0.2, 0.25) is 0 Å². The first kappa shape index (κ1) is 19.6. The maximum atomic E-state index is 13.2. The molecule has 0 saturated heterocycles. The molecule has 144 valence electrons. The molecule has 28 heavy (non-hydrogen) atoms. The van der Waals surface area contributed by atoms with Gasteiger partial charge in [0.05, 0.1) is 11.3 Å². The van der Waals surface area contributed by atoms with Gasteiger partial charge in [-0.15, -0.1) is 5.10 Å². The molecule has 0 spiro atoms. The monoisotopic (exact) mass is 398 g/mol. The first-order chi connectivity index (χ1) is 13.4. The number of thioether (sulfide) groups is 1. The second kappa shape index (κ2) is 8.27. The Balaban J connectivity index is 1.82. The molecule has 1 aromatic carbocycles. The van der Waals surface area contributed by atoms with E-state index in [4.69, 9.17) is 0 Å². The summed E-state index contributed by atoms with van der Waals surface area (Å²) in [5, 5.41) is 19.6. The lowest BCUT2D eigenvalue weighted by Crippen LogP contribution is -2.18. The first-order valence-electron chi connectivity index (χ1n) is 8.55. The molecular formula is C19H19FN6OS. The van der Waals surface area contributed by atoms with Gasteiger partial charge in [-0.2, -0.15) is 5.26 Å². The molecule has 0 aliphatic carbocycles. The maximum Gasteiger partial charge on any atom is 0.235 e. The van der Waals surface area contributed by atoms with Crippen LogP contribution >= 0.6 is 11.8 Å². The molecule has 0 aliphatic rings. The van der Waals surface area contributed by atoms with E-state index in [1.807, 2.05) is 18.4 Å². The minimum absolute atomic E-state index is 0.113. The van der Waals surface area contributed by atoms with Crippen molar-refractivity contribution < 1.29 is 9.18 Å². The van der Waals surface area contributed by atoms with Gasteiger partial charge in [0.2, 0.25) is 11.1 Å². The van der Waals surface area contributed by atoms with Crippen molar-refractivity contribution in [3.05, 3.63) is 58.3 Å². The number of hydrogen-bond acceptors (Lipinski definition) is 5. The first-order valence-corrected chi connectivity index (χ1v) is 9.53. The molecule has 0 aliphatic heterocycles. The lowest BCUT2D eigenvalue weighted by Gasteiger charge is -2.13. The summed E-state index contributed by atoms with van der Waals surface area (Å²) in [5.41, 5.74) is 2.96. The highest BCUT2D eigenvalue weighted by Gasteiger charge is 2.20. The van der Waals surface area contributed by atoms with Gasteiger partial charge in [-0.3, -0.25) is 9.89 Å². The van der Waals surface area contributed by atoms with Gasteiger partial charge in [0, 0.05) is 12.2 Å². The largest absolute Gasteiger partial charge is 0.326 e. The van der Waals surface area contributed by atoms with Crippen molar-refractivity contribution in [1.82, 2.24) is 19.7 Å². The van der Waals surface area contributed by atoms with Crippen LogP contribution in [-0.4, -0.2) is 31.4 Å². The SMILES string of the molecule is Cc1nc(SCC(=O)Nc2c(C#N)c(C)c(C)n2Cc2ccc(F)cc2)n[nH]1. The molecule has 2 heterocycles. The van der Waals surface area contributed by atoms with Gasteiger partial charge in [0.15, 0.2) is 0 Å². The van der Waals surface area contributed by atoms with E-state index in [1.54, 1.807) is 19.1 Å². The molecule has 3 rings (SSSR count). The number of anilines is 1. The quantitative estimate of drug-likeness (QED) is 0.621. The van der Waals surface area contributed by atoms with Gasteiger partial charge < -0.3 is 9.88 Å². The maximum absolute atomic E-state index is 13.2. The Morgan fingerprint density at radius 2 is 2.04 bits per heavy atom. The lowest BCUT2D eigenvalue weighted by atomic mass is 10.2. The van der Waals surface area contributed by atoms with Crippen molar-refractivity contribution in [1.29, 1.82) is 5.26 Å². The second-order valence-electron chi connectivity index (χ2n) is 6.30. The van der Waals surface area contributed by atoms with Gasteiger partial charge in [0.25, 0.3) is 0 Å². The number of aryl methyl sites for hydroxylation is 1. The fraction of sp³-hybridized carbons (Fsp3) is 0.263. The molecule has 0 saturated carbocycles. The second-order valence-corrected chi connectivity index (χ2v) is 7.24. The van der Waals surface area contributed by atoms with Crippen molar-refractivity contribution >= 4 is 23.5 Å². The van der Waals surface area contributed by atoms with Crippen LogP contribution in [0.5, 0.6) is 0 Å². The fourth-order valence-electron chi connectivity index (χ4n) is 2.79. The molecule has 7 nitrogen and oxygen atoms in total. The molecule has 0 atom stereocenters. The Hall–Kier alpha value is -3.12. The minimum Gasteiger partial charge on any atom is -0.326 e. The van der Waals surface area contributed by atoms with E-state index >= 15 is 0 Å². The zero-order chi connectivity index (χ0) is 20.3. The average Bonchev–Trinajstić information content (AvgIpc) is 3.18. The number of rotatable bonds is 6. The molecule has 0 fully saturated rings. The number of aromatic amines is 1. The van der Waals surface area contributed by atoms with Crippen LogP contribution in [0.25, 0.3) is 0 Å². The third kappa shape index (κ3) is 4.23. The van der Waals surface area contributed by atoms with Gasteiger partial charge in [0.1, 0.15) is 23.5 Å². The number of nitriles is 1. The summed E-state index contributed by atoms with van der Waals surface area (Å²) in [6.45, 7) is 5.93. The number of carbonyl (C=O) groups is 1. The topological polar surface area (TPSA) is 99.4 Å². The highest BCUT2D eigenvalue weighted by Crippen LogP contribution is 2.27. The average molecular weight is 398 g/mol. The Morgan fingerprint density at radius 1 is 1.32 bits per heavy atom. The molecule has 0 radical (unpaired) electrons. The number of halogens is 1. The number of benzene rings is 1. The van der Waals surface area contributed by atoms with Crippen molar-refractivity contribution in [2.24, 2.45) is 0 Å². The molecule has 3 aromatic rings. The highest BCUT2D eigenvalue weighted by molar-refractivity contribution is 7.99. The molecular weight excluding hydrogens is 379 g/mol.